The Kier molecular flexibility index (Phi) is 3.47. The van der Waals surface area contributed by atoms with Gasteiger partial charge in [0.15, 0.2) is 0 Å². The van der Waals surface area contributed by atoms with Crippen molar-refractivity contribution < 1.29 is 9.13 Å². The Labute approximate surface area is 83.9 Å². The molecule has 0 amide bonds. The molecule has 0 saturated heterocycles. The van der Waals surface area contributed by atoms with E-state index < -0.39 is 0 Å². The Balaban J connectivity index is 2.54. The van der Waals surface area contributed by atoms with E-state index in [1.165, 1.54) is 12.1 Å². The van der Waals surface area contributed by atoms with Crippen molar-refractivity contribution in [3.05, 3.63) is 30.1 Å². The van der Waals surface area contributed by atoms with Crippen LogP contribution in [-0.2, 0) is 0 Å². The zero-order chi connectivity index (χ0) is 10.6. The third-order valence-electron chi connectivity index (χ3n) is 1.98. The van der Waals surface area contributed by atoms with Gasteiger partial charge in [-0.2, -0.15) is 0 Å². The quantitative estimate of drug-likeness (QED) is 0.803. The van der Waals surface area contributed by atoms with E-state index >= 15 is 0 Å². The number of benzene rings is 1. The largest absolute Gasteiger partial charge is 0.493 e. The van der Waals surface area contributed by atoms with Crippen LogP contribution >= 0.6 is 0 Å². The summed E-state index contributed by atoms with van der Waals surface area (Å²) in [6, 6.07) is 6.11. The summed E-state index contributed by atoms with van der Waals surface area (Å²) in [5, 5.41) is 0. The second-order valence-corrected chi connectivity index (χ2v) is 4.11. The molecule has 78 valence electrons. The maximum Gasteiger partial charge on any atom is 0.126 e. The van der Waals surface area contributed by atoms with Gasteiger partial charge in [-0.25, -0.2) is 4.39 Å². The average molecular weight is 197 g/mol. The fraction of sp³-hybridized carbons (Fsp3) is 0.455. The molecule has 0 aliphatic carbocycles. The van der Waals surface area contributed by atoms with Crippen molar-refractivity contribution in [3.63, 3.8) is 0 Å². The summed E-state index contributed by atoms with van der Waals surface area (Å²) in [6.07, 6.45) is 0. The van der Waals surface area contributed by atoms with Crippen LogP contribution < -0.4 is 10.5 Å². The number of hydrogen-bond donors (Lipinski definition) is 1. The minimum Gasteiger partial charge on any atom is -0.493 e. The summed E-state index contributed by atoms with van der Waals surface area (Å²) in [5.41, 5.74) is 5.47. The molecule has 3 heteroatoms. The van der Waals surface area contributed by atoms with Crippen LogP contribution in [0.5, 0.6) is 5.75 Å². The smallest absolute Gasteiger partial charge is 0.126 e. The molecule has 0 fully saturated rings. The molecule has 0 radical (unpaired) electrons. The van der Waals surface area contributed by atoms with Crippen LogP contribution in [-0.4, -0.2) is 13.2 Å². The first-order valence-electron chi connectivity index (χ1n) is 4.62. The van der Waals surface area contributed by atoms with Crippen molar-refractivity contribution in [2.75, 3.05) is 13.2 Å². The molecule has 1 aromatic rings. The van der Waals surface area contributed by atoms with Crippen LogP contribution in [0.2, 0.25) is 0 Å². The van der Waals surface area contributed by atoms with Gasteiger partial charge in [-0.05, 0) is 12.1 Å². The predicted octanol–water partition coefficient (Wildman–Crippen LogP) is 2.19. The summed E-state index contributed by atoms with van der Waals surface area (Å²) in [6.45, 7) is 5.05. The Hall–Kier alpha value is -1.09. The van der Waals surface area contributed by atoms with Gasteiger partial charge in [-0.15, -0.1) is 0 Å². The topological polar surface area (TPSA) is 35.2 Å². The second-order valence-electron chi connectivity index (χ2n) is 4.11. The third kappa shape index (κ3) is 3.34. The van der Waals surface area contributed by atoms with Gasteiger partial charge in [0.1, 0.15) is 11.6 Å². The average Bonchev–Trinajstić information content (AvgIpc) is 2.15. The number of nitrogens with two attached hydrogens (primary N) is 1. The lowest BCUT2D eigenvalue weighted by molar-refractivity contribution is 0.186. The number of hydrogen-bond acceptors (Lipinski definition) is 2. The Morgan fingerprint density at radius 3 is 2.71 bits per heavy atom. The van der Waals surface area contributed by atoms with Crippen LogP contribution in [0.25, 0.3) is 0 Å². The van der Waals surface area contributed by atoms with E-state index in [1.807, 2.05) is 13.8 Å². The molecule has 2 N–H and O–H groups in total. The highest BCUT2D eigenvalue weighted by Gasteiger charge is 2.16. The van der Waals surface area contributed by atoms with Crippen molar-refractivity contribution in [1.29, 1.82) is 0 Å². The molecule has 0 heterocycles. The van der Waals surface area contributed by atoms with E-state index in [4.69, 9.17) is 10.5 Å². The van der Waals surface area contributed by atoms with E-state index in [2.05, 4.69) is 0 Å². The zero-order valence-corrected chi connectivity index (χ0v) is 8.59. The first kappa shape index (κ1) is 11.0. The fourth-order valence-corrected chi connectivity index (χ4v) is 0.894. The summed E-state index contributed by atoms with van der Waals surface area (Å²) in [4.78, 5) is 0. The fourth-order valence-electron chi connectivity index (χ4n) is 0.894. The van der Waals surface area contributed by atoms with Crippen LogP contribution in [0, 0.1) is 11.2 Å². The highest BCUT2D eigenvalue weighted by atomic mass is 19.1. The van der Waals surface area contributed by atoms with Crippen LogP contribution in [0.4, 0.5) is 4.39 Å². The van der Waals surface area contributed by atoms with E-state index in [1.54, 1.807) is 12.1 Å². The van der Waals surface area contributed by atoms with Gasteiger partial charge >= 0.3 is 0 Å². The molecule has 0 atom stereocenters. The van der Waals surface area contributed by atoms with Gasteiger partial charge in [0.05, 0.1) is 6.61 Å². The first-order valence-corrected chi connectivity index (χ1v) is 4.62. The van der Waals surface area contributed by atoms with Crippen LogP contribution in [0.15, 0.2) is 24.3 Å². The van der Waals surface area contributed by atoms with E-state index in [-0.39, 0.29) is 11.2 Å². The van der Waals surface area contributed by atoms with Gasteiger partial charge in [0, 0.05) is 18.0 Å². The van der Waals surface area contributed by atoms with Gasteiger partial charge in [-0.3, -0.25) is 0 Å². The first-order chi connectivity index (χ1) is 6.53. The summed E-state index contributed by atoms with van der Waals surface area (Å²) < 4.78 is 18.2. The SMILES string of the molecule is CC(C)(CN)COc1cccc(F)c1. The lowest BCUT2D eigenvalue weighted by Crippen LogP contribution is -2.30. The minimum atomic E-state index is -0.284. The molecule has 0 aliphatic heterocycles. The Morgan fingerprint density at radius 1 is 1.43 bits per heavy atom. The lowest BCUT2D eigenvalue weighted by atomic mass is 9.95. The van der Waals surface area contributed by atoms with Gasteiger partial charge in [0.2, 0.25) is 0 Å². The van der Waals surface area contributed by atoms with Gasteiger partial charge < -0.3 is 10.5 Å². The second kappa shape index (κ2) is 4.42. The standard InChI is InChI=1S/C11H16FNO/c1-11(2,7-13)8-14-10-5-3-4-9(12)6-10/h3-6H,7-8,13H2,1-2H3. The van der Waals surface area contributed by atoms with E-state index in [9.17, 15) is 4.39 Å². The Morgan fingerprint density at radius 2 is 2.14 bits per heavy atom. The zero-order valence-electron chi connectivity index (χ0n) is 8.59. The highest BCUT2D eigenvalue weighted by Crippen LogP contribution is 2.17. The normalized spacial score (nSPS) is 11.4. The molecule has 1 rings (SSSR count). The lowest BCUT2D eigenvalue weighted by Gasteiger charge is -2.22. The highest BCUT2D eigenvalue weighted by molar-refractivity contribution is 5.22. The molecule has 0 saturated carbocycles. The molecular weight excluding hydrogens is 181 g/mol. The Bertz CT molecular complexity index is 299. The van der Waals surface area contributed by atoms with E-state index in [0.29, 0.717) is 18.9 Å². The van der Waals surface area contributed by atoms with Crippen LogP contribution in [0.1, 0.15) is 13.8 Å². The predicted molar refractivity (Wildman–Crippen MR) is 54.7 cm³/mol. The minimum absolute atomic E-state index is 0.0771. The molecule has 0 unspecified atom stereocenters. The van der Waals surface area contributed by atoms with E-state index in [0.717, 1.165) is 0 Å². The summed E-state index contributed by atoms with van der Waals surface area (Å²) in [5.74, 6) is 0.263. The molecule has 14 heavy (non-hydrogen) atoms. The van der Waals surface area contributed by atoms with Crippen molar-refractivity contribution in [1.82, 2.24) is 0 Å². The molecule has 0 bridgehead atoms. The molecule has 2 nitrogen and oxygen atoms in total. The summed E-state index contributed by atoms with van der Waals surface area (Å²) >= 11 is 0. The monoisotopic (exact) mass is 197 g/mol. The number of halogens is 1. The molecule has 1 aromatic carbocycles. The summed E-state index contributed by atoms with van der Waals surface area (Å²) in [7, 11) is 0. The van der Waals surface area contributed by atoms with Gasteiger partial charge in [0.25, 0.3) is 0 Å². The maximum absolute atomic E-state index is 12.8. The number of ether oxygens (including phenoxy) is 1. The van der Waals surface area contributed by atoms with Crippen molar-refractivity contribution in [2.45, 2.75) is 13.8 Å². The maximum atomic E-state index is 12.8. The van der Waals surface area contributed by atoms with Gasteiger partial charge in [-0.1, -0.05) is 19.9 Å². The molecule has 0 aromatic heterocycles. The van der Waals surface area contributed by atoms with Crippen molar-refractivity contribution >= 4 is 0 Å². The van der Waals surface area contributed by atoms with Crippen molar-refractivity contribution in [2.24, 2.45) is 11.1 Å². The third-order valence-corrected chi connectivity index (χ3v) is 1.98. The van der Waals surface area contributed by atoms with Crippen molar-refractivity contribution in [3.8, 4) is 5.75 Å². The molecular formula is C11H16FNO. The molecule has 0 aliphatic rings. The molecule has 0 spiro atoms. The van der Waals surface area contributed by atoms with Crippen LogP contribution in [0.3, 0.4) is 0 Å². The number of rotatable bonds is 4.